The molecule has 0 radical (unpaired) electrons. The van der Waals surface area contributed by atoms with E-state index >= 15 is 0 Å². The molecule has 0 spiro atoms. The van der Waals surface area contributed by atoms with Gasteiger partial charge in [0.2, 0.25) is 0 Å². The fraction of sp³-hybridized carbons (Fsp3) is 0.538. The van der Waals surface area contributed by atoms with Crippen molar-refractivity contribution < 1.29 is 14.7 Å². The van der Waals surface area contributed by atoms with Gasteiger partial charge in [0.15, 0.2) is 22.5 Å². The van der Waals surface area contributed by atoms with Crippen LogP contribution in [-0.4, -0.2) is 94.6 Å². The number of piperazine rings is 1. The van der Waals surface area contributed by atoms with Crippen LogP contribution in [-0.2, 0) is 0 Å². The van der Waals surface area contributed by atoms with Crippen molar-refractivity contribution in [2.24, 2.45) is 0 Å². The fourth-order valence-electron chi connectivity index (χ4n) is 5.35. The van der Waals surface area contributed by atoms with Crippen LogP contribution in [0.25, 0.3) is 0 Å². The summed E-state index contributed by atoms with van der Waals surface area (Å²) in [7, 11) is 0. The van der Waals surface area contributed by atoms with Crippen LogP contribution in [0.3, 0.4) is 0 Å². The number of piperidine rings is 1. The Morgan fingerprint density at radius 2 is 1.82 bits per heavy atom. The number of likely N-dealkylation sites (tertiary alicyclic amines) is 1. The summed E-state index contributed by atoms with van der Waals surface area (Å²) in [5.41, 5.74) is 6.68. The minimum Gasteiger partial charge on any atom is -0.395 e. The van der Waals surface area contributed by atoms with Gasteiger partial charge >= 0.3 is 0 Å². The van der Waals surface area contributed by atoms with Gasteiger partial charge in [-0.3, -0.25) is 14.5 Å². The predicted octanol–water partition coefficient (Wildman–Crippen LogP) is 2.68. The predicted molar refractivity (Wildman–Crippen MR) is 149 cm³/mol. The van der Waals surface area contributed by atoms with Crippen LogP contribution < -0.4 is 16.0 Å². The number of aromatic nitrogens is 2. The average Bonchev–Trinajstić information content (AvgIpc) is 2.93. The van der Waals surface area contributed by atoms with Crippen molar-refractivity contribution in [2.45, 2.75) is 44.7 Å². The average molecular weight is 565 g/mol. The van der Waals surface area contributed by atoms with E-state index in [9.17, 15) is 9.59 Å². The van der Waals surface area contributed by atoms with E-state index in [2.05, 4.69) is 32.0 Å². The van der Waals surface area contributed by atoms with E-state index in [1.54, 1.807) is 24.3 Å². The molecule has 0 unspecified atom stereocenters. The molecule has 4 rings (SSSR count). The number of nitrogens with one attached hydrogen (secondary N) is 1. The van der Waals surface area contributed by atoms with E-state index in [4.69, 9.17) is 34.0 Å². The van der Waals surface area contributed by atoms with Crippen molar-refractivity contribution in [1.82, 2.24) is 25.1 Å². The van der Waals surface area contributed by atoms with Crippen molar-refractivity contribution in [3.05, 3.63) is 45.7 Å². The summed E-state index contributed by atoms with van der Waals surface area (Å²) in [6, 6.07) is 7.75. The number of anilines is 2. The third kappa shape index (κ3) is 6.48. The van der Waals surface area contributed by atoms with Gasteiger partial charge in [-0.25, -0.2) is 9.97 Å². The Morgan fingerprint density at radius 3 is 2.47 bits per heavy atom. The van der Waals surface area contributed by atoms with E-state index in [0.29, 0.717) is 35.0 Å². The summed E-state index contributed by atoms with van der Waals surface area (Å²) in [6.45, 7) is 5.78. The maximum Gasteiger partial charge on any atom is 0.273 e. The molecular formula is C26H35Cl2N7O3. The Kier molecular flexibility index (Phi) is 9.64. The third-order valence-electron chi connectivity index (χ3n) is 7.24. The molecule has 2 saturated heterocycles. The number of hydrogen-bond acceptors (Lipinski definition) is 8. The number of aliphatic hydroxyl groups excluding tert-OH is 1. The molecule has 2 amide bonds. The maximum atomic E-state index is 12.9. The number of amides is 2. The summed E-state index contributed by atoms with van der Waals surface area (Å²) in [4.78, 5) is 40.5. The van der Waals surface area contributed by atoms with Crippen LogP contribution in [0.2, 0.25) is 10.2 Å². The Bertz CT molecular complexity index is 1130. The second-order valence-electron chi connectivity index (χ2n) is 9.71. The lowest BCUT2D eigenvalue weighted by Crippen LogP contribution is -2.59. The largest absolute Gasteiger partial charge is 0.395 e. The summed E-state index contributed by atoms with van der Waals surface area (Å²) in [5.74, 6) is 0.0143. The number of nitrogen functional groups attached to an aromatic ring is 1. The number of benzene rings is 1. The Balaban J connectivity index is 1.40. The second-order valence-corrected chi connectivity index (χ2v) is 10.5. The topological polar surface area (TPSA) is 128 Å². The van der Waals surface area contributed by atoms with Crippen LogP contribution in [0.1, 0.15) is 53.5 Å². The highest BCUT2D eigenvalue weighted by Gasteiger charge is 2.35. The van der Waals surface area contributed by atoms with Crippen molar-refractivity contribution in [3.63, 3.8) is 0 Å². The first-order chi connectivity index (χ1) is 18.3. The van der Waals surface area contributed by atoms with Crippen molar-refractivity contribution >= 4 is 46.7 Å². The molecule has 10 nitrogen and oxygen atoms in total. The van der Waals surface area contributed by atoms with E-state index < -0.39 is 5.91 Å². The number of carbonyl (C=O) groups excluding carboxylic acids is 2. The van der Waals surface area contributed by atoms with Gasteiger partial charge in [-0.1, -0.05) is 36.5 Å². The first kappa shape index (κ1) is 28.4. The molecule has 0 saturated carbocycles. The van der Waals surface area contributed by atoms with Crippen LogP contribution in [0, 0.1) is 0 Å². The normalized spacial score (nSPS) is 19.0. The molecule has 2 fully saturated rings. The summed E-state index contributed by atoms with van der Waals surface area (Å²) < 4.78 is 0. The lowest BCUT2D eigenvalue weighted by Gasteiger charge is -2.48. The number of aliphatic hydroxyl groups is 1. The Hall–Kier alpha value is -2.66. The van der Waals surface area contributed by atoms with Gasteiger partial charge < -0.3 is 26.0 Å². The van der Waals surface area contributed by atoms with Crippen molar-refractivity contribution in [3.8, 4) is 0 Å². The van der Waals surface area contributed by atoms with Crippen LogP contribution in [0.15, 0.2) is 24.3 Å². The lowest BCUT2D eigenvalue weighted by atomic mass is 9.97. The zero-order chi connectivity index (χ0) is 27.2. The monoisotopic (exact) mass is 563 g/mol. The highest BCUT2D eigenvalue weighted by molar-refractivity contribution is 6.32. The molecule has 1 aromatic carbocycles. The Labute approximate surface area is 233 Å². The van der Waals surface area contributed by atoms with E-state index in [1.165, 1.54) is 0 Å². The standard InChI is InChI=1S/C26H35Cl2N7O3/c1-2-3-20-16-34(24-22(28)31-21(23(29)32-24)25(37)30-10-15-36)13-14-35(20)19-8-11-33(12-9-19)26(38)17-4-6-18(27)7-5-17/h4-7,19-20,36H,2-3,8-16H2,1H3,(H2,29,32)(H,30,37)/t20-/m0/s1. The molecule has 3 heterocycles. The first-order valence-electron chi connectivity index (χ1n) is 13.1. The zero-order valence-corrected chi connectivity index (χ0v) is 23.1. The van der Waals surface area contributed by atoms with Gasteiger partial charge in [0.25, 0.3) is 11.8 Å². The van der Waals surface area contributed by atoms with Gasteiger partial charge in [0.05, 0.1) is 6.61 Å². The van der Waals surface area contributed by atoms with Gasteiger partial charge in [0, 0.05) is 61.9 Å². The molecule has 12 heteroatoms. The van der Waals surface area contributed by atoms with Crippen LogP contribution in [0.4, 0.5) is 11.6 Å². The SMILES string of the molecule is CCC[C@H]1CN(c2nc(N)c(C(=O)NCCO)nc2Cl)CCN1C1CCN(C(=O)c2ccc(Cl)cc2)CC1. The van der Waals surface area contributed by atoms with Crippen LogP contribution >= 0.6 is 23.2 Å². The van der Waals surface area contributed by atoms with E-state index in [0.717, 1.165) is 51.9 Å². The zero-order valence-electron chi connectivity index (χ0n) is 21.6. The highest BCUT2D eigenvalue weighted by atomic mass is 35.5. The van der Waals surface area contributed by atoms with Gasteiger partial charge in [-0.05, 0) is 43.5 Å². The summed E-state index contributed by atoms with van der Waals surface area (Å²) in [6.07, 6.45) is 3.90. The van der Waals surface area contributed by atoms with E-state index in [1.807, 2.05) is 4.90 Å². The molecule has 2 aromatic rings. The lowest BCUT2D eigenvalue weighted by molar-refractivity contribution is 0.0481. The molecule has 38 heavy (non-hydrogen) atoms. The summed E-state index contributed by atoms with van der Waals surface area (Å²) in [5, 5.41) is 12.2. The van der Waals surface area contributed by atoms with Gasteiger partial charge in [0.1, 0.15) is 0 Å². The quantitative estimate of drug-likeness (QED) is 0.447. The van der Waals surface area contributed by atoms with Crippen molar-refractivity contribution in [1.29, 1.82) is 0 Å². The molecule has 1 atom stereocenters. The van der Waals surface area contributed by atoms with Gasteiger partial charge in [-0.15, -0.1) is 0 Å². The molecule has 2 aliphatic rings. The number of nitrogens with two attached hydrogens (primary N) is 1. The fourth-order valence-corrected chi connectivity index (χ4v) is 5.72. The smallest absolute Gasteiger partial charge is 0.273 e. The van der Waals surface area contributed by atoms with Gasteiger partial charge in [-0.2, -0.15) is 0 Å². The molecular weight excluding hydrogens is 529 g/mol. The minimum atomic E-state index is -0.521. The number of hydrogen-bond donors (Lipinski definition) is 3. The van der Waals surface area contributed by atoms with E-state index in [-0.39, 0.29) is 35.7 Å². The molecule has 4 N–H and O–H groups in total. The minimum absolute atomic E-state index is 0.00652. The first-order valence-corrected chi connectivity index (χ1v) is 13.9. The van der Waals surface area contributed by atoms with Crippen LogP contribution in [0.5, 0.6) is 0 Å². The summed E-state index contributed by atoms with van der Waals surface area (Å²) >= 11 is 12.4. The maximum absolute atomic E-state index is 12.9. The molecule has 0 aliphatic carbocycles. The Morgan fingerprint density at radius 1 is 1.11 bits per heavy atom. The second kappa shape index (κ2) is 12.9. The number of nitrogens with zero attached hydrogens (tertiary/aromatic N) is 5. The highest BCUT2D eigenvalue weighted by Crippen LogP contribution is 2.30. The number of carbonyl (C=O) groups is 2. The molecule has 0 bridgehead atoms. The van der Waals surface area contributed by atoms with Crippen molar-refractivity contribution in [2.75, 3.05) is 56.5 Å². The molecule has 1 aromatic heterocycles. The number of halogens is 2. The third-order valence-corrected chi connectivity index (χ3v) is 7.74. The number of rotatable bonds is 8. The molecule has 2 aliphatic heterocycles. The molecule has 206 valence electrons.